The molecule has 1 aromatic rings. The van der Waals surface area contributed by atoms with Crippen LogP contribution in [0.25, 0.3) is 0 Å². The van der Waals surface area contributed by atoms with Crippen molar-refractivity contribution in [1.82, 2.24) is 5.01 Å². The van der Waals surface area contributed by atoms with E-state index in [9.17, 15) is 4.79 Å². The number of benzene rings is 1. The summed E-state index contributed by atoms with van der Waals surface area (Å²) in [5.74, 6) is 6.29. The van der Waals surface area contributed by atoms with Crippen LogP contribution in [0.15, 0.2) is 35.2 Å². The number of carbonyl (C=O) groups excluding carboxylic acids is 1. The van der Waals surface area contributed by atoms with Gasteiger partial charge in [0.1, 0.15) is 0 Å². The Morgan fingerprint density at radius 3 is 2.04 bits per heavy atom. The van der Waals surface area contributed by atoms with Crippen LogP contribution in [0.5, 0.6) is 0 Å². The molecule has 0 spiro atoms. The minimum absolute atomic E-state index is 0.0137. The quantitative estimate of drug-likeness (QED) is 0.161. The van der Waals surface area contributed by atoms with Crippen LogP contribution in [0.2, 0.25) is 0 Å². The molecule has 0 saturated carbocycles. The molecular formula is C20H34N2OS. The highest BCUT2D eigenvalue weighted by molar-refractivity contribution is 8.00. The standard InChI is InChI=1S/C20H34N2OS/c1-2-3-4-5-6-7-8-9-10-14-17-22(21)20(23)18-24-19-15-12-11-13-16-19/h11-13,15-16H,2-10,14,17-18,21H2,1H3. The van der Waals surface area contributed by atoms with Crippen molar-refractivity contribution < 1.29 is 4.79 Å². The highest BCUT2D eigenvalue weighted by Crippen LogP contribution is 2.17. The third-order valence-corrected chi connectivity index (χ3v) is 5.18. The molecule has 0 saturated heterocycles. The van der Waals surface area contributed by atoms with E-state index in [-0.39, 0.29) is 5.91 Å². The summed E-state index contributed by atoms with van der Waals surface area (Å²) in [6.07, 6.45) is 12.9. The van der Waals surface area contributed by atoms with Crippen molar-refractivity contribution in [3.63, 3.8) is 0 Å². The number of carbonyl (C=O) groups is 1. The number of hydrogen-bond donors (Lipinski definition) is 1. The molecular weight excluding hydrogens is 316 g/mol. The molecule has 136 valence electrons. The number of thioether (sulfide) groups is 1. The maximum Gasteiger partial charge on any atom is 0.246 e. The third kappa shape index (κ3) is 10.7. The SMILES string of the molecule is CCCCCCCCCCCCN(N)C(=O)CSc1ccccc1. The second-order valence-electron chi connectivity index (χ2n) is 6.37. The third-order valence-electron chi connectivity index (χ3n) is 4.18. The van der Waals surface area contributed by atoms with Crippen molar-refractivity contribution in [2.75, 3.05) is 12.3 Å². The van der Waals surface area contributed by atoms with E-state index in [1.807, 2.05) is 30.3 Å². The van der Waals surface area contributed by atoms with Gasteiger partial charge in [-0.15, -0.1) is 11.8 Å². The van der Waals surface area contributed by atoms with Crippen LogP contribution in [-0.2, 0) is 4.79 Å². The van der Waals surface area contributed by atoms with Crippen molar-refractivity contribution in [2.45, 2.75) is 76.0 Å². The first kappa shape index (κ1) is 21.0. The van der Waals surface area contributed by atoms with E-state index in [1.54, 1.807) is 11.8 Å². The molecule has 0 aromatic heterocycles. The van der Waals surface area contributed by atoms with E-state index in [1.165, 1.54) is 62.8 Å². The summed E-state index contributed by atoms with van der Waals surface area (Å²) in [6.45, 7) is 2.93. The van der Waals surface area contributed by atoms with Crippen LogP contribution in [0, 0.1) is 0 Å². The van der Waals surface area contributed by atoms with Crippen molar-refractivity contribution in [1.29, 1.82) is 0 Å². The molecule has 0 aliphatic heterocycles. The van der Waals surface area contributed by atoms with Crippen LogP contribution < -0.4 is 5.84 Å². The average molecular weight is 351 g/mol. The Bertz CT molecular complexity index is 425. The zero-order valence-electron chi connectivity index (χ0n) is 15.2. The van der Waals surface area contributed by atoms with Crippen molar-refractivity contribution in [3.05, 3.63) is 30.3 Å². The topological polar surface area (TPSA) is 46.3 Å². The van der Waals surface area contributed by atoms with E-state index in [2.05, 4.69) is 6.92 Å². The lowest BCUT2D eigenvalue weighted by Gasteiger charge is -2.16. The molecule has 3 nitrogen and oxygen atoms in total. The van der Waals surface area contributed by atoms with Crippen molar-refractivity contribution in [2.24, 2.45) is 5.84 Å². The molecule has 0 heterocycles. The van der Waals surface area contributed by atoms with Gasteiger partial charge in [-0.1, -0.05) is 82.9 Å². The average Bonchev–Trinajstić information content (AvgIpc) is 2.62. The second-order valence-corrected chi connectivity index (χ2v) is 7.42. The molecule has 24 heavy (non-hydrogen) atoms. The Kier molecular flexibility index (Phi) is 12.6. The Labute approximate surface area is 152 Å². The van der Waals surface area contributed by atoms with E-state index < -0.39 is 0 Å². The Hall–Kier alpha value is -1.00. The summed E-state index contributed by atoms with van der Waals surface area (Å²) in [4.78, 5) is 13.1. The minimum Gasteiger partial charge on any atom is -0.280 e. The maximum atomic E-state index is 12.0. The number of hydrazine groups is 1. The molecule has 1 rings (SSSR count). The summed E-state index contributed by atoms with van der Waals surface area (Å²) in [6, 6.07) is 9.97. The van der Waals surface area contributed by atoms with Gasteiger partial charge in [0.2, 0.25) is 5.91 Å². The fourth-order valence-corrected chi connectivity index (χ4v) is 3.44. The monoisotopic (exact) mass is 350 g/mol. The smallest absolute Gasteiger partial charge is 0.246 e. The van der Waals surface area contributed by atoms with E-state index in [4.69, 9.17) is 5.84 Å². The predicted molar refractivity (Wildman–Crippen MR) is 105 cm³/mol. The molecule has 1 amide bonds. The number of rotatable bonds is 14. The van der Waals surface area contributed by atoms with Gasteiger partial charge in [-0.3, -0.25) is 9.80 Å². The lowest BCUT2D eigenvalue weighted by molar-refractivity contribution is -0.128. The fourth-order valence-electron chi connectivity index (χ4n) is 2.64. The first-order valence-corrected chi connectivity index (χ1v) is 10.5. The molecule has 2 N–H and O–H groups in total. The lowest BCUT2D eigenvalue weighted by atomic mass is 10.1. The van der Waals surface area contributed by atoms with Crippen molar-refractivity contribution >= 4 is 17.7 Å². The van der Waals surface area contributed by atoms with Crippen LogP contribution in [-0.4, -0.2) is 23.2 Å². The van der Waals surface area contributed by atoms with Gasteiger partial charge < -0.3 is 0 Å². The zero-order chi connectivity index (χ0) is 17.5. The van der Waals surface area contributed by atoms with Crippen molar-refractivity contribution in [3.8, 4) is 0 Å². The zero-order valence-corrected chi connectivity index (χ0v) is 16.0. The van der Waals surface area contributed by atoms with Crippen LogP contribution in [0.1, 0.15) is 71.1 Å². The molecule has 0 bridgehead atoms. The van der Waals surface area contributed by atoms with Crippen LogP contribution in [0.3, 0.4) is 0 Å². The summed E-state index contributed by atoms with van der Waals surface area (Å²) in [5.41, 5.74) is 0. The molecule has 0 fully saturated rings. The van der Waals surface area contributed by atoms with Gasteiger partial charge in [0.25, 0.3) is 0 Å². The summed E-state index contributed by atoms with van der Waals surface area (Å²) >= 11 is 1.54. The van der Waals surface area contributed by atoms with Crippen LogP contribution >= 0.6 is 11.8 Å². The van der Waals surface area contributed by atoms with Gasteiger partial charge in [0.05, 0.1) is 5.75 Å². The Morgan fingerprint density at radius 1 is 0.917 bits per heavy atom. The van der Waals surface area contributed by atoms with Gasteiger partial charge in [-0.25, -0.2) is 5.84 Å². The Balaban J connectivity index is 1.95. The normalized spacial score (nSPS) is 10.8. The van der Waals surface area contributed by atoms with Gasteiger partial charge >= 0.3 is 0 Å². The minimum atomic E-state index is 0.0137. The fraction of sp³-hybridized carbons (Fsp3) is 0.650. The highest BCUT2D eigenvalue weighted by Gasteiger charge is 2.09. The Morgan fingerprint density at radius 2 is 1.46 bits per heavy atom. The summed E-state index contributed by atoms with van der Waals surface area (Å²) in [7, 11) is 0. The second kappa shape index (κ2) is 14.4. The van der Waals surface area contributed by atoms with E-state index >= 15 is 0 Å². The van der Waals surface area contributed by atoms with Crippen LogP contribution in [0.4, 0.5) is 0 Å². The molecule has 4 heteroatoms. The lowest BCUT2D eigenvalue weighted by Crippen LogP contribution is -2.39. The van der Waals surface area contributed by atoms with E-state index in [0.717, 1.165) is 11.3 Å². The van der Waals surface area contributed by atoms with Gasteiger partial charge in [0, 0.05) is 11.4 Å². The number of nitrogens with zero attached hydrogens (tertiary/aromatic N) is 1. The molecule has 0 unspecified atom stereocenters. The van der Waals surface area contributed by atoms with Gasteiger partial charge in [0.15, 0.2) is 0 Å². The molecule has 0 aliphatic rings. The molecule has 0 radical (unpaired) electrons. The number of nitrogens with two attached hydrogens (primary N) is 1. The summed E-state index contributed by atoms with van der Waals surface area (Å²) < 4.78 is 0. The first-order chi connectivity index (χ1) is 11.7. The van der Waals surface area contributed by atoms with Gasteiger partial charge in [-0.05, 0) is 18.6 Å². The maximum absolute atomic E-state index is 12.0. The highest BCUT2D eigenvalue weighted by atomic mass is 32.2. The predicted octanol–water partition coefficient (Wildman–Crippen LogP) is 5.40. The van der Waals surface area contributed by atoms with Gasteiger partial charge in [-0.2, -0.15) is 0 Å². The first-order valence-electron chi connectivity index (χ1n) is 9.47. The number of unbranched alkanes of at least 4 members (excludes halogenated alkanes) is 9. The largest absolute Gasteiger partial charge is 0.280 e. The van der Waals surface area contributed by atoms with E-state index in [0.29, 0.717) is 12.3 Å². The molecule has 1 aromatic carbocycles. The molecule has 0 aliphatic carbocycles. The number of amides is 1. The number of hydrogen-bond acceptors (Lipinski definition) is 3. The summed E-state index contributed by atoms with van der Waals surface area (Å²) in [5, 5.41) is 1.39. The molecule has 0 atom stereocenters.